The van der Waals surface area contributed by atoms with Crippen LogP contribution in [0.3, 0.4) is 0 Å². The lowest BCUT2D eigenvalue weighted by Gasteiger charge is -2.29. The molecule has 1 aromatic carbocycles. The Labute approximate surface area is 168 Å². The number of esters is 1. The van der Waals surface area contributed by atoms with Crippen molar-refractivity contribution < 1.29 is 23.8 Å². The van der Waals surface area contributed by atoms with E-state index >= 15 is 0 Å². The molecular formula is C20H26BrNO5. The van der Waals surface area contributed by atoms with E-state index in [-0.39, 0.29) is 12.1 Å². The van der Waals surface area contributed by atoms with Crippen LogP contribution in [0.15, 0.2) is 27.8 Å². The fourth-order valence-electron chi connectivity index (χ4n) is 3.28. The molecule has 0 aromatic heterocycles. The molecule has 2 aliphatic rings. The van der Waals surface area contributed by atoms with Crippen LogP contribution >= 0.6 is 15.9 Å². The molecule has 0 saturated heterocycles. The predicted molar refractivity (Wildman–Crippen MR) is 105 cm³/mol. The third-order valence-corrected chi connectivity index (χ3v) is 5.36. The molecule has 1 fully saturated rings. The van der Waals surface area contributed by atoms with E-state index in [1.807, 2.05) is 25.1 Å². The SMILES string of the molecule is CCOC(=O)[C@H](CC1CCC1)Oc1ccc(Br)cc1C1=NOCC1OCC. The number of benzene rings is 1. The van der Waals surface area contributed by atoms with Crippen LogP contribution in [-0.2, 0) is 19.1 Å². The number of nitrogens with zero attached hydrogens (tertiary/aromatic N) is 1. The molecule has 1 unspecified atom stereocenters. The number of carbonyl (C=O) groups is 1. The first kappa shape index (κ1) is 20.1. The molecule has 6 nitrogen and oxygen atoms in total. The summed E-state index contributed by atoms with van der Waals surface area (Å²) in [4.78, 5) is 17.7. The molecule has 0 radical (unpaired) electrons. The van der Waals surface area contributed by atoms with Crippen molar-refractivity contribution in [2.24, 2.45) is 11.1 Å². The number of hydrogen-bond acceptors (Lipinski definition) is 6. The minimum Gasteiger partial charge on any atom is -0.478 e. The smallest absolute Gasteiger partial charge is 0.347 e. The third kappa shape index (κ3) is 5.02. The Morgan fingerprint density at radius 1 is 1.33 bits per heavy atom. The minimum atomic E-state index is -0.622. The van der Waals surface area contributed by atoms with E-state index in [1.165, 1.54) is 6.42 Å². The average molecular weight is 440 g/mol. The standard InChI is InChI=1S/C20H26BrNO5/c1-3-24-18-12-26-22-19(18)15-11-14(21)8-9-16(15)27-17(20(23)25-4-2)10-13-6-5-7-13/h8-9,11,13,17-18H,3-7,10,12H2,1-2H3/t17-,18?/m0/s1. The second kappa shape index (κ2) is 9.55. The molecule has 0 bridgehead atoms. The maximum atomic E-state index is 12.5. The number of oxime groups is 1. The lowest BCUT2D eigenvalue weighted by atomic mass is 9.81. The summed E-state index contributed by atoms with van der Waals surface area (Å²) in [6.07, 6.45) is 3.29. The number of ether oxygens (including phenoxy) is 3. The van der Waals surface area contributed by atoms with E-state index in [2.05, 4.69) is 21.1 Å². The summed E-state index contributed by atoms with van der Waals surface area (Å²) in [7, 11) is 0. The quantitative estimate of drug-likeness (QED) is 0.542. The highest BCUT2D eigenvalue weighted by Gasteiger charge is 2.32. The molecule has 7 heteroatoms. The fourth-order valence-corrected chi connectivity index (χ4v) is 3.64. The van der Waals surface area contributed by atoms with Crippen molar-refractivity contribution in [3.63, 3.8) is 0 Å². The highest BCUT2D eigenvalue weighted by molar-refractivity contribution is 9.10. The van der Waals surface area contributed by atoms with Crippen molar-refractivity contribution in [2.45, 2.75) is 51.7 Å². The number of carbonyl (C=O) groups excluding carboxylic acids is 1. The molecule has 1 aromatic rings. The molecule has 0 N–H and O–H groups in total. The minimum absolute atomic E-state index is 0.251. The Balaban J connectivity index is 1.84. The Hall–Kier alpha value is -1.60. The molecule has 0 spiro atoms. The lowest BCUT2D eigenvalue weighted by molar-refractivity contribution is -0.152. The summed E-state index contributed by atoms with van der Waals surface area (Å²) in [6, 6.07) is 5.65. The van der Waals surface area contributed by atoms with Gasteiger partial charge in [-0.15, -0.1) is 0 Å². The van der Waals surface area contributed by atoms with Gasteiger partial charge >= 0.3 is 5.97 Å². The number of hydrogen-bond donors (Lipinski definition) is 0. The van der Waals surface area contributed by atoms with E-state index < -0.39 is 6.10 Å². The van der Waals surface area contributed by atoms with E-state index in [0.717, 1.165) is 22.9 Å². The zero-order valence-corrected chi connectivity index (χ0v) is 17.4. The molecule has 2 atom stereocenters. The Bertz CT molecular complexity index is 689. The largest absolute Gasteiger partial charge is 0.478 e. The average Bonchev–Trinajstić information content (AvgIpc) is 3.06. The highest BCUT2D eigenvalue weighted by Crippen LogP contribution is 2.34. The van der Waals surface area contributed by atoms with Crippen LogP contribution in [0.5, 0.6) is 5.75 Å². The summed E-state index contributed by atoms with van der Waals surface area (Å²) in [5.41, 5.74) is 1.45. The van der Waals surface area contributed by atoms with Crippen LogP contribution in [-0.4, -0.2) is 43.7 Å². The van der Waals surface area contributed by atoms with Crippen molar-refractivity contribution in [1.29, 1.82) is 0 Å². The van der Waals surface area contributed by atoms with Gasteiger partial charge in [-0.05, 0) is 44.4 Å². The van der Waals surface area contributed by atoms with E-state index in [9.17, 15) is 4.79 Å². The van der Waals surface area contributed by atoms with Gasteiger partial charge in [0.1, 0.15) is 24.2 Å². The second-order valence-electron chi connectivity index (χ2n) is 6.75. The zero-order chi connectivity index (χ0) is 19.2. The summed E-state index contributed by atoms with van der Waals surface area (Å²) < 4.78 is 18.0. The molecule has 27 heavy (non-hydrogen) atoms. The van der Waals surface area contributed by atoms with Crippen LogP contribution in [0.1, 0.15) is 45.1 Å². The monoisotopic (exact) mass is 439 g/mol. The van der Waals surface area contributed by atoms with Gasteiger partial charge in [0, 0.05) is 16.6 Å². The van der Waals surface area contributed by atoms with Crippen LogP contribution in [0.2, 0.25) is 0 Å². The zero-order valence-electron chi connectivity index (χ0n) is 15.8. The lowest BCUT2D eigenvalue weighted by Crippen LogP contribution is -2.34. The molecule has 1 heterocycles. The van der Waals surface area contributed by atoms with Crippen LogP contribution < -0.4 is 4.74 Å². The second-order valence-corrected chi connectivity index (χ2v) is 7.66. The van der Waals surface area contributed by atoms with Gasteiger partial charge in [-0.2, -0.15) is 0 Å². The number of halogens is 1. The fraction of sp³-hybridized carbons (Fsp3) is 0.600. The Morgan fingerprint density at radius 3 is 2.81 bits per heavy atom. The van der Waals surface area contributed by atoms with Crippen molar-refractivity contribution in [3.8, 4) is 5.75 Å². The molecule has 1 saturated carbocycles. The van der Waals surface area contributed by atoms with Crippen molar-refractivity contribution in [1.82, 2.24) is 0 Å². The van der Waals surface area contributed by atoms with Crippen LogP contribution in [0.25, 0.3) is 0 Å². The first-order chi connectivity index (χ1) is 13.1. The predicted octanol–water partition coefficient (Wildman–Crippen LogP) is 4.09. The van der Waals surface area contributed by atoms with Gasteiger partial charge in [-0.25, -0.2) is 4.79 Å². The first-order valence-corrected chi connectivity index (χ1v) is 10.4. The highest BCUT2D eigenvalue weighted by atomic mass is 79.9. The molecule has 1 aliphatic carbocycles. The topological polar surface area (TPSA) is 66.4 Å². The molecule has 3 rings (SSSR count). The van der Waals surface area contributed by atoms with Crippen LogP contribution in [0.4, 0.5) is 0 Å². The molecule has 1 aliphatic heterocycles. The Kier molecular flexibility index (Phi) is 7.13. The summed E-state index contributed by atoms with van der Waals surface area (Å²) in [6.45, 7) is 5.01. The molecule has 0 amide bonds. The maximum Gasteiger partial charge on any atom is 0.347 e. The van der Waals surface area contributed by atoms with Crippen LogP contribution in [0, 0.1) is 5.92 Å². The van der Waals surface area contributed by atoms with Gasteiger partial charge in [-0.1, -0.05) is 40.3 Å². The first-order valence-electron chi connectivity index (χ1n) is 9.57. The van der Waals surface area contributed by atoms with Gasteiger partial charge < -0.3 is 19.0 Å². The van der Waals surface area contributed by atoms with Crippen molar-refractivity contribution >= 4 is 27.6 Å². The molecular weight excluding hydrogens is 414 g/mol. The van der Waals surface area contributed by atoms with Gasteiger partial charge in [0.05, 0.1) is 6.61 Å². The van der Waals surface area contributed by atoms with E-state index in [0.29, 0.717) is 43.6 Å². The van der Waals surface area contributed by atoms with Gasteiger partial charge in [0.15, 0.2) is 6.10 Å². The van der Waals surface area contributed by atoms with E-state index in [1.54, 1.807) is 6.92 Å². The molecule has 148 valence electrons. The Morgan fingerprint density at radius 2 is 2.15 bits per heavy atom. The van der Waals surface area contributed by atoms with Crippen molar-refractivity contribution in [3.05, 3.63) is 28.2 Å². The third-order valence-electron chi connectivity index (χ3n) is 4.87. The van der Waals surface area contributed by atoms with Gasteiger partial charge in [0.25, 0.3) is 0 Å². The van der Waals surface area contributed by atoms with E-state index in [4.69, 9.17) is 19.0 Å². The summed E-state index contributed by atoms with van der Waals surface area (Å²) in [5.74, 6) is 0.787. The summed E-state index contributed by atoms with van der Waals surface area (Å²) in [5, 5.41) is 4.16. The van der Waals surface area contributed by atoms with Crippen molar-refractivity contribution in [2.75, 3.05) is 19.8 Å². The number of rotatable bonds is 9. The van der Waals surface area contributed by atoms with Gasteiger partial charge in [-0.3, -0.25) is 0 Å². The van der Waals surface area contributed by atoms with Gasteiger partial charge in [0.2, 0.25) is 0 Å². The summed E-state index contributed by atoms with van der Waals surface area (Å²) >= 11 is 3.50. The normalized spacial score (nSPS) is 20.4. The maximum absolute atomic E-state index is 12.5.